The van der Waals surface area contributed by atoms with E-state index in [1.54, 1.807) is 58.8 Å². The van der Waals surface area contributed by atoms with Gasteiger partial charge in [0.25, 0.3) is 0 Å². The summed E-state index contributed by atoms with van der Waals surface area (Å²) in [6, 6.07) is 0. The minimum absolute atomic E-state index is 0.0227. The Morgan fingerprint density at radius 2 is 0.897 bits per heavy atom. The van der Waals surface area contributed by atoms with E-state index in [1.807, 2.05) is 0 Å². The first-order chi connectivity index (χ1) is 19.2. The van der Waals surface area contributed by atoms with Gasteiger partial charge in [0.2, 0.25) is 0 Å². The van der Waals surface area contributed by atoms with Crippen LogP contribution in [0, 0.1) is 0 Å². The van der Waals surface area contributed by atoms with Gasteiger partial charge in [-0.1, -0.05) is 11.8 Å². The lowest BCUT2D eigenvalue weighted by molar-refractivity contribution is -0.278. The lowest BCUT2D eigenvalue weighted by Gasteiger charge is -2.06. The zero-order valence-electron chi connectivity index (χ0n) is 21.9. The van der Waals surface area contributed by atoms with Crippen LogP contribution in [0.3, 0.4) is 0 Å². The number of ether oxygens (including phenoxy) is 2. The van der Waals surface area contributed by atoms with E-state index < -0.39 is 0 Å². The second-order valence-electron chi connectivity index (χ2n) is 6.65. The number of aliphatic hydroxyl groups is 2. The molecule has 2 N–H and O–H groups in total. The quantitative estimate of drug-likeness (QED) is 0.0319. The summed E-state index contributed by atoms with van der Waals surface area (Å²) in [6.45, 7) is 1.06. The average molecular weight is 709 g/mol. The van der Waals surface area contributed by atoms with Gasteiger partial charge in [0.05, 0.1) is 37.9 Å². The SMILES string of the molecule is O=C(CCSCSCCCOOCSCSCOC(=O)CCSCSCCCOOCSCO)OCSCO. The highest BCUT2D eigenvalue weighted by atomic mass is 32.2. The van der Waals surface area contributed by atoms with E-state index in [4.69, 9.17) is 39.2 Å². The predicted octanol–water partition coefficient (Wildman–Crippen LogP) is 5.00. The number of hydrogen-bond acceptors (Lipinski definition) is 18. The molecule has 0 aliphatic carbocycles. The minimum atomic E-state index is -0.232. The van der Waals surface area contributed by atoms with E-state index in [9.17, 15) is 9.59 Å². The molecule has 0 unspecified atom stereocenters. The van der Waals surface area contributed by atoms with E-state index in [0.29, 0.717) is 43.9 Å². The van der Waals surface area contributed by atoms with Gasteiger partial charge in [-0.15, -0.1) is 35.3 Å². The van der Waals surface area contributed by atoms with Gasteiger partial charge in [0.1, 0.15) is 23.8 Å². The molecule has 0 amide bonds. The van der Waals surface area contributed by atoms with Crippen LogP contribution in [0.4, 0.5) is 0 Å². The van der Waals surface area contributed by atoms with E-state index in [0.717, 1.165) is 62.9 Å². The molecule has 0 aliphatic heterocycles. The van der Waals surface area contributed by atoms with Crippen LogP contribution in [0.5, 0.6) is 0 Å². The van der Waals surface area contributed by atoms with Crippen molar-refractivity contribution >= 4 is 106 Å². The van der Waals surface area contributed by atoms with Crippen LogP contribution in [0.1, 0.15) is 25.7 Å². The number of esters is 2. The van der Waals surface area contributed by atoms with Crippen molar-refractivity contribution in [2.24, 2.45) is 0 Å². The smallest absolute Gasteiger partial charge is 0.307 e. The summed E-state index contributed by atoms with van der Waals surface area (Å²) in [5.74, 6) is 4.25. The Bertz CT molecular complexity index is 543. The van der Waals surface area contributed by atoms with Gasteiger partial charge in [-0.05, 0) is 24.3 Å². The molecule has 10 nitrogen and oxygen atoms in total. The van der Waals surface area contributed by atoms with Crippen molar-refractivity contribution in [3.8, 4) is 0 Å². The Morgan fingerprint density at radius 3 is 1.44 bits per heavy atom. The van der Waals surface area contributed by atoms with Gasteiger partial charge in [0, 0.05) is 26.8 Å². The standard InChI is InChI=1S/C21H40O10S8/c22-11-36-13-26-20(24)3-9-34-17-33-8-2-6-29-31-16-39-19-38-14-27-21(25)4-10-35-18-32-7-1-5-28-30-15-37-12-23/h22-23H,1-19H2. The summed E-state index contributed by atoms with van der Waals surface area (Å²) < 4.78 is 10.1. The van der Waals surface area contributed by atoms with Crippen molar-refractivity contribution in [1.29, 1.82) is 0 Å². The minimum Gasteiger partial charge on any atom is -0.455 e. The van der Waals surface area contributed by atoms with Crippen molar-refractivity contribution in [1.82, 2.24) is 0 Å². The van der Waals surface area contributed by atoms with Crippen LogP contribution >= 0.6 is 94.1 Å². The molecule has 232 valence electrons. The Labute approximate surface area is 265 Å². The molecule has 0 rings (SSSR count). The van der Waals surface area contributed by atoms with Crippen LogP contribution in [-0.4, -0.2) is 109 Å². The highest BCUT2D eigenvalue weighted by Gasteiger charge is 2.04. The van der Waals surface area contributed by atoms with Crippen molar-refractivity contribution in [2.45, 2.75) is 25.7 Å². The molecular formula is C21H40O10S8. The molecule has 0 aliphatic rings. The lowest BCUT2D eigenvalue weighted by atomic mass is 10.5. The zero-order valence-corrected chi connectivity index (χ0v) is 28.4. The molecule has 0 aromatic heterocycles. The van der Waals surface area contributed by atoms with Crippen molar-refractivity contribution in [3.63, 3.8) is 0 Å². The molecular weight excluding hydrogens is 669 g/mol. The highest BCUT2D eigenvalue weighted by Crippen LogP contribution is 2.17. The molecule has 18 heteroatoms. The van der Waals surface area contributed by atoms with Gasteiger partial charge in [-0.25, -0.2) is 19.6 Å². The monoisotopic (exact) mass is 708 g/mol. The van der Waals surface area contributed by atoms with E-state index in [-0.39, 0.29) is 29.8 Å². The third-order valence-electron chi connectivity index (χ3n) is 3.65. The lowest BCUT2D eigenvalue weighted by Crippen LogP contribution is -2.05. The summed E-state index contributed by atoms with van der Waals surface area (Å²) in [5, 5.41) is 19.8. The van der Waals surface area contributed by atoms with Gasteiger partial charge < -0.3 is 19.7 Å². The molecule has 0 atom stereocenters. The molecule has 0 bridgehead atoms. The van der Waals surface area contributed by atoms with Gasteiger partial charge >= 0.3 is 11.9 Å². The van der Waals surface area contributed by atoms with Crippen LogP contribution in [0.25, 0.3) is 0 Å². The number of hydrogen-bond donors (Lipinski definition) is 2. The predicted molar refractivity (Wildman–Crippen MR) is 173 cm³/mol. The molecule has 39 heavy (non-hydrogen) atoms. The normalized spacial score (nSPS) is 11.1. The Kier molecular flexibility index (Phi) is 37.1. The maximum atomic E-state index is 11.7. The van der Waals surface area contributed by atoms with Crippen LogP contribution in [-0.2, 0) is 38.6 Å². The second kappa shape index (κ2) is 35.7. The van der Waals surface area contributed by atoms with Crippen molar-refractivity contribution in [3.05, 3.63) is 0 Å². The Balaban J connectivity index is 3.18. The fraction of sp³-hybridized carbons (Fsp3) is 0.905. The molecule has 0 saturated heterocycles. The zero-order chi connectivity index (χ0) is 28.5. The summed E-state index contributed by atoms with van der Waals surface area (Å²) in [6.07, 6.45) is 2.56. The van der Waals surface area contributed by atoms with Crippen molar-refractivity contribution in [2.75, 3.05) is 87.1 Å². The number of aliphatic hydroxyl groups excluding tert-OH is 2. The molecule has 0 heterocycles. The molecule has 0 radical (unpaired) electrons. The van der Waals surface area contributed by atoms with Crippen LogP contribution < -0.4 is 0 Å². The molecule has 0 fully saturated rings. The number of rotatable bonds is 32. The second-order valence-corrected chi connectivity index (χ2v) is 15.8. The van der Waals surface area contributed by atoms with Gasteiger partial charge in [-0.3, -0.25) is 9.59 Å². The largest absolute Gasteiger partial charge is 0.455 e. The topological polar surface area (TPSA) is 130 Å². The average Bonchev–Trinajstić information content (AvgIpc) is 2.93. The fourth-order valence-electron chi connectivity index (χ4n) is 1.92. The number of thioether (sulfide) groups is 8. The molecule has 0 aromatic carbocycles. The van der Waals surface area contributed by atoms with E-state index in [1.165, 1.54) is 23.5 Å². The van der Waals surface area contributed by atoms with Gasteiger partial charge in [-0.2, -0.15) is 47.0 Å². The van der Waals surface area contributed by atoms with E-state index >= 15 is 0 Å². The Hall–Kier alpha value is 1.50. The fourth-order valence-corrected chi connectivity index (χ4v) is 7.88. The first-order valence-corrected chi connectivity index (χ1v) is 21.1. The first kappa shape index (κ1) is 40.5. The summed E-state index contributed by atoms with van der Waals surface area (Å²) in [7, 11) is 0. The van der Waals surface area contributed by atoms with Crippen LogP contribution in [0.15, 0.2) is 0 Å². The summed E-state index contributed by atoms with van der Waals surface area (Å²) in [4.78, 5) is 43.2. The molecule has 0 aromatic rings. The molecule has 0 saturated carbocycles. The highest BCUT2D eigenvalue weighted by molar-refractivity contribution is 8.16. The molecule has 0 spiro atoms. The number of carbonyl (C=O) groups is 2. The third kappa shape index (κ3) is 35.6. The maximum Gasteiger partial charge on any atom is 0.307 e. The summed E-state index contributed by atoms with van der Waals surface area (Å²) in [5.41, 5.74) is 0. The third-order valence-corrected chi connectivity index (χ3v) is 11.3. The Morgan fingerprint density at radius 1 is 0.487 bits per heavy atom. The van der Waals surface area contributed by atoms with Crippen LogP contribution in [0.2, 0.25) is 0 Å². The van der Waals surface area contributed by atoms with Gasteiger partial charge in [0.15, 0.2) is 0 Å². The summed E-state index contributed by atoms with van der Waals surface area (Å²) >= 11 is 12.5. The maximum absolute atomic E-state index is 11.7. The van der Waals surface area contributed by atoms with E-state index in [2.05, 4.69) is 0 Å². The first-order valence-electron chi connectivity index (χ1n) is 11.8. The van der Waals surface area contributed by atoms with Crippen molar-refractivity contribution < 1.29 is 48.8 Å². The number of carbonyl (C=O) groups excluding carboxylic acids is 2.